The fourth-order valence-electron chi connectivity index (χ4n) is 3.57. The van der Waals surface area contributed by atoms with Gasteiger partial charge in [0.1, 0.15) is 19.0 Å². The van der Waals surface area contributed by atoms with Gasteiger partial charge in [0.05, 0.1) is 24.5 Å². The molecule has 7 nitrogen and oxygen atoms in total. The number of aromatic nitrogens is 5. The maximum absolute atomic E-state index is 13.4. The average molecular weight is 439 g/mol. The number of imidazole rings is 1. The van der Waals surface area contributed by atoms with Gasteiger partial charge in [0.25, 0.3) is 0 Å². The van der Waals surface area contributed by atoms with Crippen LogP contribution in [0.4, 0.5) is 8.78 Å². The van der Waals surface area contributed by atoms with Gasteiger partial charge in [-0.3, -0.25) is 4.57 Å². The van der Waals surface area contributed by atoms with Gasteiger partial charge in [-0.15, -0.1) is 10.2 Å². The van der Waals surface area contributed by atoms with Gasteiger partial charge in [-0.1, -0.05) is 17.7 Å². The SMILES string of the molecule is N#Cc1ncn2c1Cn1c(COCc3ccc(F)c(F)c3)nnc1-c1cc(Cl)ccc1-2. The Balaban J connectivity index is 1.49. The lowest BCUT2D eigenvalue weighted by atomic mass is 10.1. The first-order valence-electron chi connectivity index (χ1n) is 9.25. The third-order valence-corrected chi connectivity index (χ3v) is 5.29. The number of nitriles is 1. The lowest BCUT2D eigenvalue weighted by molar-refractivity contribution is 0.0991. The van der Waals surface area contributed by atoms with E-state index in [0.29, 0.717) is 40.2 Å². The predicted octanol–water partition coefficient (Wildman–Crippen LogP) is 4.01. The summed E-state index contributed by atoms with van der Waals surface area (Å²) in [4.78, 5) is 4.20. The minimum Gasteiger partial charge on any atom is -0.369 e. The molecule has 0 aliphatic carbocycles. The summed E-state index contributed by atoms with van der Waals surface area (Å²) in [6.45, 7) is 0.461. The Bertz CT molecular complexity index is 1360. The smallest absolute Gasteiger partial charge is 0.166 e. The predicted molar refractivity (Wildman–Crippen MR) is 106 cm³/mol. The maximum Gasteiger partial charge on any atom is 0.166 e. The number of benzene rings is 2. The van der Waals surface area contributed by atoms with Crippen molar-refractivity contribution in [2.45, 2.75) is 19.8 Å². The monoisotopic (exact) mass is 438 g/mol. The lowest BCUT2D eigenvalue weighted by Gasteiger charge is -2.09. The summed E-state index contributed by atoms with van der Waals surface area (Å²) in [5.41, 5.74) is 3.01. The molecule has 0 atom stereocenters. The highest BCUT2D eigenvalue weighted by Gasteiger charge is 2.26. The number of nitrogens with zero attached hydrogens (tertiary/aromatic N) is 6. The Morgan fingerprint density at radius 2 is 1.97 bits per heavy atom. The van der Waals surface area contributed by atoms with Crippen LogP contribution in [-0.2, 0) is 24.5 Å². The topological polar surface area (TPSA) is 81.5 Å². The summed E-state index contributed by atoms with van der Waals surface area (Å²) in [5.74, 6) is -0.740. The Kier molecular flexibility index (Phi) is 4.73. The number of hydrogen-bond donors (Lipinski definition) is 0. The van der Waals surface area contributed by atoms with Crippen LogP contribution in [0.3, 0.4) is 0 Å². The molecule has 2 aromatic carbocycles. The van der Waals surface area contributed by atoms with E-state index in [1.165, 1.54) is 6.07 Å². The number of hydrogen-bond acceptors (Lipinski definition) is 5. The van der Waals surface area contributed by atoms with Gasteiger partial charge in [0.15, 0.2) is 29.0 Å². The molecule has 5 rings (SSSR count). The van der Waals surface area contributed by atoms with E-state index in [2.05, 4.69) is 21.3 Å². The van der Waals surface area contributed by atoms with E-state index in [-0.39, 0.29) is 13.2 Å². The van der Waals surface area contributed by atoms with Crippen LogP contribution < -0.4 is 0 Å². The van der Waals surface area contributed by atoms with E-state index in [9.17, 15) is 14.0 Å². The molecule has 154 valence electrons. The molecule has 0 amide bonds. The molecule has 0 radical (unpaired) electrons. The van der Waals surface area contributed by atoms with Gasteiger partial charge in [-0.05, 0) is 35.9 Å². The van der Waals surface area contributed by atoms with E-state index < -0.39 is 11.6 Å². The number of halogens is 3. The first-order chi connectivity index (χ1) is 15.0. The fraction of sp³-hybridized carbons (Fsp3) is 0.143. The summed E-state index contributed by atoms with van der Waals surface area (Å²) in [6, 6.07) is 11.1. The van der Waals surface area contributed by atoms with E-state index in [1.54, 1.807) is 18.5 Å². The molecule has 0 bridgehead atoms. The lowest BCUT2D eigenvalue weighted by Crippen LogP contribution is -2.10. The van der Waals surface area contributed by atoms with Crippen molar-refractivity contribution in [1.29, 1.82) is 5.26 Å². The van der Waals surface area contributed by atoms with Gasteiger partial charge in [0, 0.05) is 10.6 Å². The molecular formula is C21H13ClF2N6O. The molecule has 0 unspecified atom stereocenters. The molecule has 1 aliphatic rings. The summed E-state index contributed by atoms with van der Waals surface area (Å²) in [5, 5.41) is 18.6. The molecule has 0 saturated heterocycles. The zero-order valence-corrected chi connectivity index (χ0v) is 16.6. The van der Waals surface area contributed by atoms with Crippen LogP contribution in [-0.4, -0.2) is 24.3 Å². The second kappa shape index (κ2) is 7.58. The first kappa shape index (κ1) is 19.4. The van der Waals surface area contributed by atoms with E-state index in [1.807, 2.05) is 15.2 Å². The van der Waals surface area contributed by atoms with Crippen LogP contribution in [0.5, 0.6) is 0 Å². The zero-order valence-electron chi connectivity index (χ0n) is 15.9. The van der Waals surface area contributed by atoms with Crippen molar-refractivity contribution in [1.82, 2.24) is 24.3 Å². The van der Waals surface area contributed by atoms with E-state index >= 15 is 0 Å². The molecule has 1 aliphatic heterocycles. The van der Waals surface area contributed by atoms with Gasteiger partial charge in [-0.25, -0.2) is 13.8 Å². The van der Waals surface area contributed by atoms with Gasteiger partial charge >= 0.3 is 0 Å². The van der Waals surface area contributed by atoms with Crippen molar-refractivity contribution in [2.24, 2.45) is 0 Å². The van der Waals surface area contributed by atoms with Crippen LogP contribution in [0.1, 0.15) is 22.8 Å². The molecule has 0 N–H and O–H groups in total. The second-order valence-corrected chi connectivity index (χ2v) is 7.39. The Morgan fingerprint density at radius 1 is 1.10 bits per heavy atom. The first-order valence-corrected chi connectivity index (χ1v) is 9.63. The highest BCUT2D eigenvalue weighted by atomic mass is 35.5. The van der Waals surface area contributed by atoms with Crippen molar-refractivity contribution in [3.63, 3.8) is 0 Å². The van der Waals surface area contributed by atoms with Crippen LogP contribution >= 0.6 is 11.6 Å². The third kappa shape index (κ3) is 3.36. The van der Waals surface area contributed by atoms with E-state index in [4.69, 9.17) is 16.3 Å². The highest BCUT2D eigenvalue weighted by Crippen LogP contribution is 2.34. The molecule has 31 heavy (non-hydrogen) atoms. The molecule has 4 aromatic rings. The molecule has 3 heterocycles. The molecule has 0 saturated carbocycles. The van der Waals surface area contributed by atoms with Crippen LogP contribution in [0, 0.1) is 23.0 Å². The molecule has 10 heteroatoms. The number of fused-ring (bicyclic) bond motifs is 5. The highest BCUT2D eigenvalue weighted by molar-refractivity contribution is 6.31. The number of rotatable bonds is 4. The van der Waals surface area contributed by atoms with Gasteiger partial charge < -0.3 is 9.30 Å². The summed E-state index contributed by atoms with van der Waals surface area (Å²) < 4.78 is 35.9. The molecule has 0 fully saturated rings. The number of ether oxygens (including phenoxy) is 1. The molecule has 2 aromatic heterocycles. The maximum atomic E-state index is 13.4. The quantitative estimate of drug-likeness (QED) is 0.423. The minimum atomic E-state index is -0.928. The van der Waals surface area contributed by atoms with Crippen LogP contribution in [0.15, 0.2) is 42.7 Å². The fourth-order valence-corrected chi connectivity index (χ4v) is 3.74. The summed E-state index contributed by atoms with van der Waals surface area (Å²) >= 11 is 6.22. The van der Waals surface area contributed by atoms with Crippen molar-refractivity contribution < 1.29 is 13.5 Å². The second-order valence-electron chi connectivity index (χ2n) is 6.95. The Hall–Kier alpha value is -3.61. The average Bonchev–Trinajstić information content (AvgIpc) is 3.32. The van der Waals surface area contributed by atoms with Crippen molar-refractivity contribution in [2.75, 3.05) is 0 Å². The minimum absolute atomic E-state index is 0.0726. The van der Waals surface area contributed by atoms with Gasteiger partial charge in [-0.2, -0.15) is 5.26 Å². The van der Waals surface area contributed by atoms with Gasteiger partial charge in [0.2, 0.25) is 0 Å². The van der Waals surface area contributed by atoms with Crippen LogP contribution in [0.2, 0.25) is 5.02 Å². The van der Waals surface area contributed by atoms with Crippen molar-refractivity contribution >= 4 is 11.6 Å². The third-order valence-electron chi connectivity index (χ3n) is 5.05. The van der Waals surface area contributed by atoms with Crippen LogP contribution in [0.25, 0.3) is 17.1 Å². The van der Waals surface area contributed by atoms with Crippen molar-refractivity contribution in [3.8, 4) is 23.1 Å². The van der Waals surface area contributed by atoms with Crippen molar-refractivity contribution in [3.05, 3.63) is 82.2 Å². The standard InChI is InChI=1S/C21H13ClF2N6O/c22-13-2-4-18-14(6-13)21-28-27-20(10-31-9-12-1-3-15(23)16(24)5-12)29(21)8-19-17(7-25)26-11-30(18)19/h1-6,11H,8-10H2. The van der Waals surface area contributed by atoms with E-state index in [0.717, 1.165) is 23.4 Å². The summed E-state index contributed by atoms with van der Waals surface area (Å²) in [6.07, 6.45) is 1.60. The molecular weight excluding hydrogens is 426 g/mol. The molecule has 0 spiro atoms. The Morgan fingerprint density at radius 3 is 2.77 bits per heavy atom. The zero-order chi connectivity index (χ0) is 21.5. The largest absolute Gasteiger partial charge is 0.369 e. The Labute approximate surface area is 180 Å². The normalized spacial score (nSPS) is 11.9. The summed E-state index contributed by atoms with van der Waals surface area (Å²) in [7, 11) is 0.